The summed E-state index contributed by atoms with van der Waals surface area (Å²) in [6.45, 7) is 0. The van der Waals surface area contributed by atoms with Gasteiger partial charge in [0.25, 0.3) is 0 Å². The van der Waals surface area contributed by atoms with Gasteiger partial charge in [-0.1, -0.05) is 12.2 Å². The lowest BCUT2D eigenvalue weighted by Crippen LogP contribution is -2.09. The largest absolute Gasteiger partial charge is 0.464 e. The predicted molar refractivity (Wildman–Crippen MR) is 53.8 cm³/mol. The molecule has 0 radical (unpaired) electrons. The molecule has 5 heteroatoms. The summed E-state index contributed by atoms with van der Waals surface area (Å²) in [6.07, 6.45) is 5.21. The molecule has 0 aromatic carbocycles. The number of carbonyl (C=O) groups excluding carboxylic acids is 1. The summed E-state index contributed by atoms with van der Waals surface area (Å²) in [5, 5.41) is 12.3. The zero-order valence-corrected chi connectivity index (χ0v) is 8.60. The molecule has 0 amide bonds. The second-order valence-corrected chi connectivity index (χ2v) is 2.83. The Labute approximate surface area is 87.6 Å². The van der Waals surface area contributed by atoms with E-state index in [1.54, 1.807) is 25.4 Å². The molecule has 0 N–H and O–H groups in total. The zero-order chi connectivity index (χ0) is 11.3. The van der Waals surface area contributed by atoms with Crippen LogP contribution in [0.5, 0.6) is 0 Å². The topological polar surface area (TPSA) is 67.9 Å². The van der Waals surface area contributed by atoms with E-state index in [-0.39, 0.29) is 0 Å². The lowest BCUT2D eigenvalue weighted by atomic mass is 10.2. The smallest absolute Gasteiger partial charge is 0.356 e. The van der Waals surface area contributed by atoms with Gasteiger partial charge in [-0.2, -0.15) is 10.4 Å². The quantitative estimate of drug-likeness (QED) is 0.694. The minimum Gasteiger partial charge on any atom is -0.464 e. The van der Waals surface area contributed by atoms with Crippen LogP contribution in [-0.4, -0.2) is 22.9 Å². The molecule has 1 aromatic rings. The van der Waals surface area contributed by atoms with Crippen molar-refractivity contribution in [2.24, 2.45) is 7.05 Å². The highest BCUT2D eigenvalue weighted by Crippen LogP contribution is 2.11. The van der Waals surface area contributed by atoms with Crippen molar-refractivity contribution >= 4 is 12.0 Å². The van der Waals surface area contributed by atoms with Gasteiger partial charge in [-0.25, -0.2) is 4.79 Å². The summed E-state index contributed by atoms with van der Waals surface area (Å²) < 4.78 is 6.07. The van der Waals surface area contributed by atoms with Crippen LogP contribution in [0.4, 0.5) is 0 Å². The van der Waals surface area contributed by atoms with Gasteiger partial charge in [-0.3, -0.25) is 4.68 Å². The van der Waals surface area contributed by atoms with Gasteiger partial charge < -0.3 is 4.74 Å². The molecular weight excluding hydrogens is 194 g/mol. The molecule has 1 aromatic heterocycles. The van der Waals surface area contributed by atoms with Crippen molar-refractivity contribution in [3.05, 3.63) is 23.5 Å². The standard InChI is InChI=1S/C10H11N3O2/c1-13-9(10(14)15-2)8(7-12-13)5-3-4-6-11/h3,5,7H,4H2,1-2H3. The molecule has 15 heavy (non-hydrogen) atoms. The van der Waals surface area contributed by atoms with Gasteiger partial charge in [0.05, 0.1) is 25.8 Å². The highest BCUT2D eigenvalue weighted by Gasteiger charge is 2.14. The Morgan fingerprint density at radius 3 is 3.13 bits per heavy atom. The van der Waals surface area contributed by atoms with Crippen LogP contribution < -0.4 is 0 Å². The molecule has 0 aliphatic carbocycles. The number of methoxy groups -OCH3 is 1. The molecule has 0 fully saturated rings. The fourth-order valence-electron chi connectivity index (χ4n) is 1.16. The monoisotopic (exact) mass is 205 g/mol. The van der Waals surface area contributed by atoms with E-state index in [0.29, 0.717) is 17.7 Å². The molecule has 1 heterocycles. The molecule has 0 aliphatic heterocycles. The summed E-state index contributed by atoms with van der Waals surface area (Å²) in [5.41, 5.74) is 1.03. The van der Waals surface area contributed by atoms with E-state index in [0.717, 1.165) is 0 Å². The Kier molecular flexibility index (Phi) is 3.63. The molecule has 0 spiro atoms. The summed E-state index contributed by atoms with van der Waals surface area (Å²) in [7, 11) is 2.98. The first kappa shape index (κ1) is 11.0. The third-order valence-electron chi connectivity index (χ3n) is 1.85. The van der Waals surface area contributed by atoms with Crippen LogP contribution in [0.2, 0.25) is 0 Å². The van der Waals surface area contributed by atoms with Crippen molar-refractivity contribution in [1.29, 1.82) is 5.26 Å². The number of nitriles is 1. The number of aromatic nitrogens is 2. The Morgan fingerprint density at radius 1 is 1.80 bits per heavy atom. The number of aryl methyl sites for hydroxylation is 1. The summed E-state index contributed by atoms with van der Waals surface area (Å²) >= 11 is 0. The van der Waals surface area contributed by atoms with Crippen molar-refractivity contribution < 1.29 is 9.53 Å². The molecule has 0 saturated carbocycles. The molecule has 1 rings (SSSR count). The van der Waals surface area contributed by atoms with E-state index in [9.17, 15) is 4.79 Å². The first-order valence-electron chi connectivity index (χ1n) is 4.34. The molecule has 0 atom stereocenters. The van der Waals surface area contributed by atoms with Crippen molar-refractivity contribution in [1.82, 2.24) is 9.78 Å². The van der Waals surface area contributed by atoms with Gasteiger partial charge in [0, 0.05) is 12.6 Å². The van der Waals surface area contributed by atoms with Crippen LogP contribution in [-0.2, 0) is 11.8 Å². The molecule has 0 aliphatic rings. The van der Waals surface area contributed by atoms with Crippen LogP contribution in [0.1, 0.15) is 22.5 Å². The second-order valence-electron chi connectivity index (χ2n) is 2.83. The van der Waals surface area contributed by atoms with Gasteiger partial charge in [0.15, 0.2) is 5.69 Å². The van der Waals surface area contributed by atoms with E-state index < -0.39 is 5.97 Å². The normalized spacial score (nSPS) is 10.2. The minimum atomic E-state index is -0.438. The Bertz CT molecular complexity index is 426. The maximum Gasteiger partial charge on any atom is 0.356 e. The third-order valence-corrected chi connectivity index (χ3v) is 1.85. The van der Waals surface area contributed by atoms with Crippen LogP contribution >= 0.6 is 0 Å². The number of allylic oxidation sites excluding steroid dienone is 1. The minimum absolute atomic E-state index is 0.301. The molecular formula is C10H11N3O2. The first-order valence-corrected chi connectivity index (χ1v) is 4.34. The van der Waals surface area contributed by atoms with Crippen molar-refractivity contribution in [3.63, 3.8) is 0 Å². The molecule has 0 bridgehead atoms. The average Bonchev–Trinajstić information content (AvgIpc) is 2.59. The fraction of sp³-hybridized carbons (Fsp3) is 0.300. The number of hydrogen-bond donors (Lipinski definition) is 0. The maximum absolute atomic E-state index is 11.4. The first-order chi connectivity index (χ1) is 7.20. The number of ether oxygens (including phenoxy) is 1. The van der Waals surface area contributed by atoms with E-state index in [1.165, 1.54) is 11.8 Å². The zero-order valence-electron chi connectivity index (χ0n) is 8.60. The average molecular weight is 205 g/mol. The Hall–Kier alpha value is -2.09. The van der Waals surface area contributed by atoms with Crippen molar-refractivity contribution in [2.75, 3.05) is 7.11 Å². The summed E-state index contributed by atoms with van der Waals surface area (Å²) in [5.74, 6) is -0.438. The van der Waals surface area contributed by atoms with E-state index in [1.807, 2.05) is 6.07 Å². The number of nitrogens with zero attached hydrogens (tertiary/aromatic N) is 3. The molecule has 0 saturated heterocycles. The number of hydrogen-bond acceptors (Lipinski definition) is 4. The van der Waals surface area contributed by atoms with Crippen LogP contribution in [0.3, 0.4) is 0 Å². The third kappa shape index (κ3) is 2.44. The Balaban J connectivity index is 2.99. The van der Waals surface area contributed by atoms with Gasteiger partial charge in [0.1, 0.15) is 0 Å². The van der Waals surface area contributed by atoms with Crippen LogP contribution in [0, 0.1) is 11.3 Å². The predicted octanol–water partition coefficient (Wildman–Crippen LogP) is 1.13. The maximum atomic E-state index is 11.4. The number of rotatable bonds is 3. The van der Waals surface area contributed by atoms with Gasteiger partial charge in [0.2, 0.25) is 0 Å². The molecule has 0 unspecified atom stereocenters. The second kappa shape index (κ2) is 4.96. The summed E-state index contributed by atoms with van der Waals surface area (Å²) in [4.78, 5) is 11.4. The fourth-order valence-corrected chi connectivity index (χ4v) is 1.16. The van der Waals surface area contributed by atoms with Crippen molar-refractivity contribution in [2.45, 2.75) is 6.42 Å². The summed E-state index contributed by atoms with van der Waals surface area (Å²) in [6, 6.07) is 1.98. The van der Waals surface area contributed by atoms with Crippen LogP contribution in [0.15, 0.2) is 12.3 Å². The van der Waals surface area contributed by atoms with E-state index >= 15 is 0 Å². The number of carbonyl (C=O) groups is 1. The highest BCUT2D eigenvalue weighted by atomic mass is 16.5. The van der Waals surface area contributed by atoms with Crippen molar-refractivity contribution in [3.8, 4) is 6.07 Å². The highest BCUT2D eigenvalue weighted by molar-refractivity contribution is 5.91. The lowest BCUT2D eigenvalue weighted by molar-refractivity contribution is 0.0588. The van der Waals surface area contributed by atoms with Gasteiger partial charge in [-0.05, 0) is 0 Å². The van der Waals surface area contributed by atoms with E-state index in [2.05, 4.69) is 9.84 Å². The number of esters is 1. The van der Waals surface area contributed by atoms with Gasteiger partial charge in [-0.15, -0.1) is 0 Å². The SMILES string of the molecule is COC(=O)c1c(C=CCC#N)cnn1C. The lowest BCUT2D eigenvalue weighted by Gasteiger charge is -2.00. The van der Waals surface area contributed by atoms with E-state index in [4.69, 9.17) is 5.26 Å². The van der Waals surface area contributed by atoms with Crippen LogP contribution in [0.25, 0.3) is 6.08 Å². The Morgan fingerprint density at radius 2 is 2.53 bits per heavy atom. The molecule has 5 nitrogen and oxygen atoms in total. The van der Waals surface area contributed by atoms with Gasteiger partial charge >= 0.3 is 5.97 Å². The molecule has 78 valence electrons.